The van der Waals surface area contributed by atoms with E-state index in [0.717, 1.165) is 153 Å². The van der Waals surface area contributed by atoms with Crippen LogP contribution in [0.2, 0.25) is 0 Å². The molecule has 0 aliphatic carbocycles. The third-order valence-corrected chi connectivity index (χ3v) is 18.6. The molecular formula is C68H95N9O7S. The van der Waals surface area contributed by atoms with Crippen LogP contribution in [0.15, 0.2) is 77.0 Å². The molecule has 4 amide bonds. The quantitative estimate of drug-likeness (QED) is 0.0314. The van der Waals surface area contributed by atoms with E-state index in [1.165, 1.54) is 42.6 Å². The number of hydrogen-bond donors (Lipinski definition) is 5. The number of aryl methyl sites for hydroxylation is 3. The lowest BCUT2D eigenvalue weighted by atomic mass is 9.85. The van der Waals surface area contributed by atoms with Crippen molar-refractivity contribution in [2.75, 3.05) is 63.9 Å². The number of ether oxygens (including phenoxy) is 1. The third-order valence-electron chi connectivity index (χ3n) is 17.6. The van der Waals surface area contributed by atoms with Gasteiger partial charge in [-0.25, -0.2) is 4.98 Å². The monoisotopic (exact) mass is 1180 g/mol. The molecular weight excluding hydrogens is 1090 g/mol. The smallest absolute Gasteiger partial charge is 0.253 e. The van der Waals surface area contributed by atoms with Crippen LogP contribution in [0, 0.1) is 33.1 Å². The fraction of sp³-hybridized carbons (Fsp3) is 0.559. The molecule has 3 fully saturated rings. The molecule has 1 unspecified atom stereocenters. The Morgan fingerprint density at radius 1 is 0.788 bits per heavy atom. The van der Waals surface area contributed by atoms with Gasteiger partial charge in [0.2, 0.25) is 17.7 Å². The van der Waals surface area contributed by atoms with Gasteiger partial charge in [0, 0.05) is 114 Å². The first kappa shape index (κ1) is 64.8. The molecule has 5 heterocycles. The molecule has 0 radical (unpaired) electrons. The number of β-amino-alcohol motifs (C(OH)–C–C–N with tert-alkyl or cyclic N) is 1. The maximum Gasteiger partial charge on any atom is 0.253 e. The van der Waals surface area contributed by atoms with Gasteiger partial charge in [0.05, 0.1) is 22.2 Å². The Morgan fingerprint density at radius 3 is 2.06 bits per heavy atom. The standard InChI is InChI=1S/C68H95N9O7S/c1-9-76(55-28-35-84-36-29-55)59-39-54(38-57(48(59)4)64(80)70-42-58-46(2)37-47(3)72-65(58)81)52-24-22-51(23-25-52)43-75-33-31-74(32-34-75)30-18-16-14-12-10-11-13-15-17-19-61(79)73-63(68(6,7)8)67(83)77-44-56(78)40-60(77)66(82)69-41-50-20-26-53(27-21-50)62-49(5)71-45-85-62/h20-27,37-39,45,55-56,60,63,78H,9-19,28-36,40-44H2,1-8H3,(H,69,82)(H,70,80)(H,72,81)(H,73,79)/t56-,60+,63?/m1/s1. The van der Waals surface area contributed by atoms with Crippen molar-refractivity contribution in [1.82, 2.24) is 40.6 Å². The zero-order valence-corrected chi connectivity index (χ0v) is 52.8. The molecule has 3 atom stereocenters. The number of aromatic nitrogens is 2. The van der Waals surface area contributed by atoms with Crippen molar-refractivity contribution in [3.8, 4) is 21.6 Å². The summed E-state index contributed by atoms with van der Waals surface area (Å²) in [5, 5.41) is 19.7. The number of pyridine rings is 1. The van der Waals surface area contributed by atoms with E-state index in [1.807, 2.05) is 90.4 Å². The predicted octanol–water partition coefficient (Wildman–Crippen LogP) is 10.2. The molecule has 3 aliphatic heterocycles. The van der Waals surface area contributed by atoms with E-state index >= 15 is 0 Å². The van der Waals surface area contributed by atoms with Crippen molar-refractivity contribution >= 4 is 40.7 Å². The summed E-state index contributed by atoms with van der Waals surface area (Å²) in [5.74, 6) is -1.02. The lowest BCUT2D eigenvalue weighted by molar-refractivity contribution is -0.144. The first-order valence-corrected chi connectivity index (χ1v) is 32.3. The largest absolute Gasteiger partial charge is 0.391 e. The van der Waals surface area contributed by atoms with Crippen LogP contribution in [0.5, 0.6) is 0 Å². The van der Waals surface area contributed by atoms with Gasteiger partial charge in [0.25, 0.3) is 11.5 Å². The van der Waals surface area contributed by atoms with Gasteiger partial charge in [0.15, 0.2) is 0 Å². The van der Waals surface area contributed by atoms with Gasteiger partial charge in [-0.15, -0.1) is 11.3 Å². The van der Waals surface area contributed by atoms with Crippen LogP contribution in [0.25, 0.3) is 21.6 Å². The third kappa shape index (κ3) is 17.9. The first-order valence-electron chi connectivity index (χ1n) is 31.4. The Hall–Kier alpha value is -6.24. The Kier molecular flexibility index (Phi) is 23.5. The summed E-state index contributed by atoms with van der Waals surface area (Å²) in [5.41, 5.74) is 12.2. The number of hydrogen-bond acceptors (Lipinski definition) is 12. The molecule has 0 saturated carbocycles. The number of amides is 4. The van der Waals surface area contributed by atoms with E-state index in [2.05, 4.69) is 77.9 Å². The molecule has 460 valence electrons. The molecule has 3 aliphatic rings. The number of H-pyrrole nitrogens is 1. The number of carbonyl (C=O) groups excluding carboxylic acids is 4. The number of rotatable bonds is 27. The number of thiazole rings is 1. The summed E-state index contributed by atoms with van der Waals surface area (Å²) in [6, 6.07) is 21.7. The summed E-state index contributed by atoms with van der Waals surface area (Å²) in [6.45, 7) is 24.8. The predicted molar refractivity (Wildman–Crippen MR) is 341 cm³/mol. The van der Waals surface area contributed by atoms with Crippen LogP contribution >= 0.6 is 11.3 Å². The van der Waals surface area contributed by atoms with E-state index < -0.39 is 23.6 Å². The van der Waals surface area contributed by atoms with Crippen LogP contribution in [-0.4, -0.2) is 137 Å². The van der Waals surface area contributed by atoms with Crippen molar-refractivity contribution in [2.45, 2.75) is 183 Å². The highest BCUT2D eigenvalue weighted by molar-refractivity contribution is 7.13. The summed E-state index contributed by atoms with van der Waals surface area (Å²) < 4.78 is 5.73. The maximum atomic E-state index is 14.1. The van der Waals surface area contributed by atoms with Gasteiger partial charge in [-0.1, -0.05) is 114 Å². The highest BCUT2D eigenvalue weighted by atomic mass is 32.1. The molecule has 5 N–H and O–H groups in total. The number of aliphatic hydroxyl groups is 1. The minimum atomic E-state index is -0.832. The fourth-order valence-corrected chi connectivity index (χ4v) is 13.3. The van der Waals surface area contributed by atoms with Crippen LogP contribution in [0.3, 0.4) is 0 Å². The molecule has 0 spiro atoms. The van der Waals surface area contributed by atoms with Gasteiger partial charge in [-0.2, -0.15) is 0 Å². The highest BCUT2D eigenvalue weighted by Crippen LogP contribution is 2.35. The Bertz CT molecular complexity index is 3070. The van der Waals surface area contributed by atoms with Crippen molar-refractivity contribution in [3.63, 3.8) is 0 Å². The lowest BCUT2D eigenvalue weighted by Gasteiger charge is -2.37. The van der Waals surface area contributed by atoms with E-state index in [0.29, 0.717) is 30.1 Å². The van der Waals surface area contributed by atoms with E-state index in [-0.39, 0.29) is 48.7 Å². The maximum absolute atomic E-state index is 14.1. The second-order valence-electron chi connectivity index (χ2n) is 25.1. The second kappa shape index (κ2) is 30.9. The topological polar surface area (TPSA) is 193 Å². The SMILES string of the molecule is CCN(c1cc(-c2ccc(CN3CCN(CCCCCCCCCCCC(=O)NC(C(=O)N4C[C@H](O)C[C@H]4C(=O)NCc4ccc(-c5scnc5C)cc4)C(C)(C)C)CC3)cc2)cc(C(=O)NCc2c(C)cc(C)[nH]c2=O)c1C)C1CCOCC1. The van der Waals surface area contributed by atoms with Crippen LogP contribution < -0.4 is 26.4 Å². The summed E-state index contributed by atoms with van der Waals surface area (Å²) in [7, 11) is 0. The van der Waals surface area contributed by atoms with E-state index in [4.69, 9.17) is 4.74 Å². The van der Waals surface area contributed by atoms with Crippen molar-refractivity contribution in [2.24, 2.45) is 5.41 Å². The van der Waals surface area contributed by atoms with Crippen molar-refractivity contribution in [1.29, 1.82) is 0 Å². The molecule has 16 nitrogen and oxygen atoms in total. The number of anilines is 1. The molecule has 8 rings (SSSR count). The summed E-state index contributed by atoms with van der Waals surface area (Å²) in [4.78, 5) is 85.1. The lowest BCUT2D eigenvalue weighted by Crippen LogP contribution is -2.57. The Morgan fingerprint density at radius 2 is 1.42 bits per heavy atom. The number of unbranched alkanes of at least 4 members (excludes halogenated alkanes) is 8. The molecule has 2 aromatic heterocycles. The van der Waals surface area contributed by atoms with Crippen LogP contribution in [0.1, 0.15) is 161 Å². The number of carbonyl (C=O) groups is 4. The molecule has 3 aromatic carbocycles. The Balaban J connectivity index is 0.704. The average Bonchev–Trinajstić information content (AvgIpc) is 3.31. The number of aliphatic hydroxyl groups excluding tert-OH is 1. The average molecular weight is 1180 g/mol. The number of benzene rings is 3. The molecule has 85 heavy (non-hydrogen) atoms. The Labute approximate surface area is 508 Å². The van der Waals surface area contributed by atoms with Gasteiger partial charge < -0.3 is 45.5 Å². The van der Waals surface area contributed by atoms with Gasteiger partial charge in [-0.3, -0.25) is 28.9 Å². The van der Waals surface area contributed by atoms with E-state index in [1.54, 1.807) is 11.3 Å². The van der Waals surface area contributed by atoms with Crippen molar-refractivity contribution < 1.29 is 29.0 Å². The molecule has 5 aromatic rings. The minimum absolute atomic E-state index is 0.0459. The first-order chi connectivity index (χ1) is 40.9. The highest BCUT2D eigenvalue weighted by Gasteiger charge is 2.44. The minimum Gasteiger partial charge on any atom is -0.391 e. The number of nitrogens with one attached hydrogen (secondary N) is 4. The zero-order chi connectivity index (χ0) is 60.6. The molecule has 3 saturated heterocycles. The van der Waals surface area contributed by atoms with E-state index in [9.17, 15) is 29.1 Å². The van der Waals surface area contributed by atoms with Crippen LogP contribution in [0.4, 0.5) is 5.69 Å². The number of piperazine rings is 1. The normalized spacial score (nSPS) is 17.4. The number of likely N-dealkylation sites (tertiary alicyclic amines) is 1. The number of aromatic amines is 1. The zero-order valence-electron chi connectivity index (χ0n) is 52.0. The second-order valence-corrected chi connectivity index (χ2v) is 26.0. The van der Waals surface area contributed by atoms with Crippen LogP contribution in [-0.2, 0) is 38.8 Å². The summed E-state index contributed by atoms with van der Waals surface area (Å²) in [6.07, 6.45) is 11.6. The van der Waals surface area contributed by atoms with Gasteiger partial charge in [0.1, 0.15) is 12.1 Å². The number of nitrogens with zero attached hydrogens (tertiary/aromatic N) is 5. The van der Waals surface area contributed by atoms with Crippen molar-refractivity contribution in [3.05, 3.63) is 127 Å². The molecule has 0 bridgehead atoms. The summed E-state index contributed by atoms with van der Waals surface area (Å²) >= 11 is 1.59. The van der Waals surface area contributed by atoms with Gasteiger partial charge in [-0.05, 0) is 129 Å². The van der Waals surface area contributed by atoms with Gasteiger partial charge >= 0.3 is 0 Å². The fourth-order valence-electron chi connectivity index (χ4n) is 12.5. The molecule has 17 heteroatoms.